The topological polar surface area (TPSA) is 65.2 Å². The van der Waals surface area contributed by atoms with Crippen LogP contribution in [0.2, 0.25) is 5.02 Å². The molecule has 0 spiro atoms. The molecule has 9 heteroatoms. The third-order valence-corrected chi connectivity index (χ3v) is 5.45. The molecule has 0 unspecified atom stereocenters. The van der Waals surface area contributed by atoms with E-state index in [0.29, 0.717) is 31.2 Å². The van der Waals surface area contributed by atoms with Crippen molar-refractivity contribution in [3.63, 3.8) is 0 Å². The molecular weight excluding hydrogens is 527 g/mol. The molecule has 31 heavy (non-hydrogen) atoms. The van der Waals surface area contributed by atoms with Gasteiger partial charge in [0.2, 0.25) is 5.91 Å². The zero-order valence-electron chi connectivity index (χ0n) is 17.4. The standard InChI is InChI=1S/C22H25ClN6O.HI/c1-24-22(25-10-9-19-15-27-11-3-2-4-20(27)26-19)29-13-12-28(21(30)16-29)14-17-5-7-18(23)8-6-17;/h2-8,11,15H,9-10,12-14,16H2,1H3,(H,24,25);1H. The molecule has 7 nitrogen and oxygen atoms in total. The highest BCUT2D eigenvalue weighted by Crippen LogP contribution is 2.13. The van der Waals surface area contributed by atoms with Crippen LogP contribution in [0.15, 0.2) is 59.9 Å². The van der Waals surface area contributed by atoms with Gasteiger partial charge >= 0.3 is 0 Å². The van der Waals surface area contributed by atoms with Gasteiger partial charge in [-0.2, -0.15) is 0 Å². The van der Waals surface area contributed by atoms with Gasteiger partial charge in [-0.05, 0) is 29.8 Å². The Morgan fingerprint density at radius 3 is 2.71 bits per heavy atom. The summed E-state index contributed by atoms with van der Waals surface area (Å²) < 4.78 is 2.02. The molecule has 3 aromatic rings. The monoisotopic (exact) mass is 552 g/mol. The molecule has 2 aromatic heterocycles. The van der Waals surface area contributed by atoms with Crippen molar-refractivity contribution >= 4 is 53.1 Å². The Labute approximate surface area is 204 Å². The van der Waals surface area contributed by atoms with Gasteiger partial charge in [-0.25, -0.2) is 4.98 Å². The number of piperazine rings is 1. The van der Waals surface area contributed by atoms with E-state index in [2.05, 4.69) is 15.3 Å². The number of halogens is 2. The van der Waals surface area contributed by atoms with Gasteiger partial charge in [-0.1, -0.05) is 29.8 Å². The number of aromatic nitrogens is 2. The number of imidazole rings is 1. The number of carbonyl (C=O) groups is 1. The minimum absolute atomic E-state index is 0. The van der Waals surface area contributed by atoms with Crippen molar-refractivity contribution in [2.24, 2.45) is 4.99 Å². The SMILES string of the molecule is CN=C(NCCc1cn2ccccc2n1)N1CCN(Cc2ccc(Cl)cc2)C(=O)C1.I. The van der Waals surface area contributed by atoms with Crippen LogP contribution in [0.3, 0.4) is 0 Å². The predicted molar refractivity (Wildman–Crippen MR) is 134 cm³/mol. The molecule has 0 saturated carbocycles. The van der Waals surface area contributed by atoms with Crippen LogP contribution in [0, 0.1) is 0 Å². The number of carbonyl (C=O) groups excluding carboxylic acids is 1. The minimum atomic E-state index is 0. The fraction of sp³-hybridized carbons (Fsp3) is 0.318. The van der Waals surface area contributed by atoms with Crippen LogP contribution in [0.25, 0.3) is 5.65 Å². The van der Waals surface area contributed by atoms with Crippen LogP contribution in [-0.4, -0.2) is 64.3 Å². The lowest BCUT2D eigenvalue weighted by molar-refractivity contribution is -0.135. The fourth-order valence-corrected chi connectivity index (χ4v) is 3.73. The van der Waals surface area contributed by atoms with Crippen molar-refractivity contribution in [1.29, 1.82) is 0 Å². The lowest BCUT2D eigenvalue weighted by atomic mass is 10.2. The number of guanidine groups is 1. The first-order valence-corrected chi connectivity index (χ1v) is 10.4. The summed E-state index contributed by atoms with van der Waals surface area (Å²) >= 11 is 5.94. The van der Waals surface area contributed by atoms with Crippen molar-refractivity contribution in [3.8, 4) is 0 Å². The van der Waals surface area contributed by atoms with E-state index in [-0.39, 0.29) is 29.9 Å². The lowest BCUT2D eigenvalue weighted by Gasteiger charge is -2.36. The third-order valence-electron chi connectivity index (χ3n) is 5.19. The Hall–Kier alpha value is -2.33. The summed E-state index contributed by atoms with van der Waals surface area (Å²) in [6.07, 6.45) is 4.82. The van der Waals surface area contributed by atoms with Crippen LogP contribution in [0.1, 0.15) is 11.3 Å². The number of fused-ring (bicyclic) bond motifs is 1. The maximum absolute atomic E-state index is 12.7. The van der Waals surface area contributed by atoms with Crippen LogP contribution in [-0.2, 0) is 17.8 Å². The molecule has 0 atom stereocenters. The second-order valence-electron chi connectivity index (χ2n) is 7.29. The summed E-state index contributed by atoms with van der Waals surface area (Å²) in [5.41, 5.74) is 3.04. The Morgan fingerprint density at radius 2 is 2.00 bits per heavy atom. The molecule has 4 rings (SSSR count). The number of hydrogen-bond donors (Lipinski definition) is 1. The smallest absolute Gasteiger partial charge is 0.242 e. The highest BCUT2D eigenvalue weighted by molar-refractivity contribution is 14.0. The molecule has 0 radical (unpaired) electrons. The van der Waals surface area contributed by atoms with Crippen molar-refractivity contribution in [1.82, 2.24) is 24.5 Å². The molecule has 1 aliphatic heterocycles. The largest absolute Gasteiger partial charge is 0.356 e. The van der Waals surface area contributed by atoms with Gasteiger partial charge in [0.15, 0.2) is 5.96 Å². The molecule has 1 fully saturated rings. The van der Waals surface area contributed by atoms with Gasteiger partial charge in [0.25, 0.3) is 0 Å². The van der Waals surface area contributed by atoms with Crippen LogP contribution in [0.4, 0.5) is 0 Å². The molecule has 3 heterocycles. The summed E-state index contributed by atoms with van der Waals surface area (Å²) in [4.78, 5) is 25.5. The number of benzene rings is 1. The maximum atomic E-state index is 12.7. The normalized spacial score (nSPS) is 14.6. The van der Waals surface area contributed by atoms with Crippen molar-refractivity contribution < 1.29 is 4.79 Å². The van der Waals surface area contributed by atoms with E-state index in [4.69, 9.17) is 11.6 Å². The number of aliphatic imine (C=N–C) groups is 1. The minimum Gasteiger partial charge on any atom is -0.356 e. The molecule has 1 N–H and O–H groups in total. The van der Waals surface area contributed by atoms with Gasteiger partial charge in [-0.3, -0.25) is 9.79 Å². The zero-order chi connectivity index (χ0) is 20.9. The molecule has 164 valence electrons. The summed E-state index contributed by atoms with van der Waals surface area (Å²) in [5, 5.41) is 4.07. The van der Waals surface area contributed by atoms with Crippen LogP contribution < -0.4 is 5.32 Å². The number of amides is 1. The molecule has 1 aliphatic rings. The van der Waals surface area contributed by atoms with Gasteiger partial charge < -0.3 is 19.5 Å². The van der Waals surface area contributed by atoms with E-state index >= 15 is 0 Å². The number of hydrogen-bond acceptors (Lipinski definition) is 3. The van der Waals surface area contributed by atoms with Crippen molar-refractivity contribution in [3.05, 3.63) is 71.1 Å². The second kappa shape index (κ2) is 10.8. The Bertz CT molecular complexity index is 1020. The number of nitrogens with one attached hydrogen (secondary N) is 1. The average molecular weight is 553 g/mol. The molecular formula is C22H26ClIN6O. The highest BCUT2D eigenvalue weighted by atomic mass is 127. The maximum Gasteiger partial charge on any atom is 0.242 e. The van der Waals surface area contributed by atoms with Crippen molar-refractivity contribution in [2.45, 2.75) is 13.0 Å². The number of rotatable bonds is 5. The van der Waals surface area contributed by atoms with E-state index in [1.807, 2.05) is 69.1 Å². The molecule has 1 aromatic carbocycles. The van der Waals surface area contributed by atoms with Crippen LogP contribution >= 0.6 is 35.6 Å². The summed E-state index contributed by atoms with van der Waals surface area (Å²) in [6, 6.07) is 13.6. The summed E-state index contributed by atoms with van der Waals surface area (Å²) in [5.74, 6) is 0.845. The second-order valence-corrected chi connectivity index (χ2v) is 7.72. The fourth-order valence-electron chi connectivity index (χ4n) is 3.61. The third kappa shape index (κ3) is 5.88. The van der Waals surface area contributed by atoms with E-state index in [9.17, 15) is 4.79 Å². The lowest BCUT2D eigenvalue weighted by Crippen LogP contribution is -2.55. The first-order chi connectivity index (χ1) is 14.6. The van der Waals surface area contributed by atoms with E-state index in [0.717, 1.165) is 35.8 Å². The Balaban J connectivity index is 0.00000272. The zero-order valence-corrected chi connectivity index (χ0v) is 20.5. The average Bonchev–Trinajstić information content (AvgIpc) is 3.17. The number of pyridine rings is 1. The Morgan fingerprint density at radius 1 is 1.19 bits per heavy atom. The van der Waals surface area contributed by atoms with Gasteiger partial charge in [0.1, 0.15) is 5.65 Å². The van der Waals surface area contributed by atoms with Crippen molar-refractivity contribution in [2.75, 3.05) is 33.2 Å². The van der Waals surface area contributed by atoms with E-state index < -0.39 is 0 Å². The van der Waals surface area contributed by atoms with Gasteiger partial charge in [0, 0.05) is 57.1 Å². The van der Waals surface area contributed by atoms with Gasteiger partial charge in [0.05, 0.1) is 12.2 Å². The molecule has 1 saturated heterocycles. The van der Waals surface area contributed by atoms with Gasteiger partial charge in [-0.15, -0.1) is 24.0 Å². The predicted octanol–water partition coefficient (Wildman–Crippen LogP) is 3.07. The molecule has 0 aliphatic carbocycles. The quantitative estimate of drug-likeness (QED) is 0.300. The first-order valence-electron chi connectivity index (χ1n) is 10.0. The van der Waals surface area contributed by atoms with E-state index in [1.165, 1.54) is 0 Å². The van der Waals surface area contributed by atoms with Crippen LogP contribution in [0.5, 0.6) is 0 Å². The Kier molecular flexibility index (Phi) is 8.14. The summed E-state index contributed by atoms with van der Waals surface area (Å²) in [7, 11) is 1.75. The first kappa shape index (κ1) is 23.3. The number of nitrogens with zero attached hydrogens (tertiary/aromatic N) is 5. The molecule has 0 bridgehead atoms. The van der Waals surface area contributed by atoms with E-state index in [1.54, 1.807) is 7.05 Å². The highest BCUT2D eigenvalue weighted by Gasteiger charge is 2.25. The summed E-state index contributed by atoms with van der Waals surface area (Å²) in [6.45, 7) is 3.03. The molecule has 1 amide bonds.